The van der Waals surface area contributed by atoms with E-state index < -0.39 is 11.0 Å². The van der Waals surface area contributed by atoms with Crippen LogP contribution in [-0.4, -0.2) is 26.1 Å². The van der Waals surface area contributed by atoms with Crippen molar-refractivity contribution < 1.29 is 14.8 Å². The number of carboxylic acid groups (broad SMARTS) is 1. The van der Waals surface area contributed by atoms with Crippen molar-refractivity contribution in [1.29, 1.82) is 0 Å². The lowest BCUT2D eigenvalue weighted by Crippen LogP contribution is -2.08. The van der Waals surface area contributed by atoms with E-state index in [9.17, 15) is 14.9 Å². The average Bonchev–Trinajstić information content (AvgIpc) is 3.35. The monoisotopic (exact) mass is 340 g/mol. The minimum absolute atomic E-state index is 0.0446. The molecule has 1 aromatic heterocycles. The van der Waals surface area contributed by atoms with Gasteiger partial charge in [0, 0.05) is 6.07 Å². The first-order valence-corrected chi connectivity index (χ1v) is 7.72. The summed E-state index contributed by atoms with van der Waals surface area (Å²) in [5, 5.41) is 21.1. The van der Waals surface area contributed by atoms with Gasteiger partial charge in [-0.2, -0.15) is 0 Å². The van der Waals surface area contributed by atoms with Crippen molar-refractivity contribution in [2.45, 2.75) is 18.8 Å². The zero-order valence-electron chi connectivity index (χ0n) is 13.2. The number of nitro benzene ring substituents is 1. The number of anilines is 1. The van der Waals surface area contributed by atoms with Crippen molar-refractivity contribution in [2.75, 3.05) is 5.32 Å². The number of rotatable bonds is 3. The molecule has 3 aromatic rings. The van der Waals surface area contributed by atoms with Gasteiger partial charge in [-0.25, -0.2) is 9.78 Å². The first kappa shape index (κ1) is 16.4. The van der Waals surface area contributed by atoms with Crippen LogP contribution in [0.2, 0.25) is 0 Å². The number of H-pyrrole nitrogens is 1. The highest BCUT2D eigenvalue weighted by molar-refractivity contribution is 5.89. The van der Waals surface area contributed by atoms with Crippen LogP contribution in [0.3, 0.4) is 0 Å². The summed E-state index contributed by atoms with van der Waals surface area (Å²) in [6, 6.07) is 15.1. The number of fused-ring (bicyclic) bond motifs is 1. The van der Waals surface area contributed by atoms with Gasteiger partial charge in [-0.05, 0) is 30.4 Å². The summed E-state index contributed by atoms with van der Waals surface area (Å²) in [6.45, 7) is 0. The molecule has 1 aliphatic carbocycles. The van der Waals surface area contributed by atoms with Crippen molar-refractivity contribution in [2.24, 2.45) is 0 Å². The Morgan fingerprint density at radius 3 is 2.52 bits per heavy atom. The second-order valence-electron chi connectivity index (χ2n) is 5.63. The highest BCUT2D eigenvalue weighted by Crippen LogP contribution is 2.39. The van der Waals surface area contributed by atoms with Gasteiger partial charge in [-0.15, -0.1) is 0 Å². The Hall–Kier alpha value is -3.42. The van der Waals surface area contributed by atoms with Crippen molar-refractivity contribution in [1.82, 2.24) is 9.97 Å². The summed E-state index contributed by atoms with van der Waals surface area (Å²) in [4.78, 5) is 26.8. The van der Waals surface area contributed by atoms with Gasteiger partial charge < -0.3 is 10.1 Å². The molecule has 1 saturated carbocycles. The quantitative estimate of drug-likeness (QED) is 0.489. The molecule has 1 heterocycles. The van der Waals surface area contributed by atoms with Crippen molar-refractivity contribution in [3.63, 3.8) is 0 Å². The molecule has 1 fully saturated rings. The van der Waals surface area contributed by atoms with E-state index >= 15 is 0 Å². The minimum Gasteiger partial charge on any atom is -0.465 e. The fourth-order valence-corrected chi connectivity index (χ4v) is 2.47. The van der Waals surface area contributed by atoms with Crippen LogP contribution in [0.4, 0.5) is 16.4 Å². The smallest absolute Gasteiger partial charge is 0.411 e. The number of hydrogen-bond donors (Lipinski definition) is 3. The van der Waals surface area contributed by atoms with Crippen LogP contribution < -0.4 is 5.32 Å². The van der Waals surface area contributed by atoms with Gasteiger partial charge in [0.15, 0.2) is 5.52 Å². The second-order valence-corrected chi connectivity index (χ2v) is 5.63. The molecule has 0 saturated heterocycles. The van der Waals surface area contributed by atoms with E-state index in [4.69, 9.17) is 5.11 Å². The number of non-ortho nitro benzene ring substituents is 1. The first-order valence-electron chi connectivity index (χ1n) is 7.72. The normalized spacial score (nSPS) is 13.0. The van der Waals surface area contributed by atoms with E-state index in [0.717, 1.165) is 5.92 Å². The third-order valence-electron chi connectivity index (χ3n) is 3.76. The number of carbonyl (C=O) groups is 1. The Kier molecular flexibility index (Phi) is 4.60. The van der Waals surface area contributed by atoms with E-state index in [1.165, 1.54) is 30.5 Å². The molecule has 0 unspecified atom stereocenters. The standard InChI is InChI=1S/C9H10.C8H6N4O4/c1-2-4-8(5-3-1)9-6-7-9;13-8(14)11-7-9-4-2-1-3-5(12(15)16)6(4)10-7/h1-5,9H,6-7H2;1-3H,(H,13,14)(H2,9,10,11). The van der Waals surface area contributed by atoms with Crippen LogP contribution in [0.25, 0.3) is 11.0 Å². The number of nitro groups is 1. The Bertz CT molecular complexity index is 903. The molecule has 0 radical (unpaired) electrons. The number of aromatic amines is 1. The molecule has 1 aliphatic rings. The van der Waals surface area contributed by atoms with E-state index in [0.29, 0.717) is 5.52 Å². The van der Waals surface area contributed by atoms with Crippen LogP contribution in [-0.2, 0) is 0 Å². The Morgan fingerprint density at radius 1 is 1.20 bits per heavy atom. The highest BCUT2D eigenvalue weighted by atomic mass is 16.6. The molecule has 8 heteroatoms. The number of hydrogen-bond acceptors (Lipinski definition) is 4. The summed E-state index contributed by atoms with van der Waals surface area (Å²) in [5.41, 5.74) is 1.87. The maximum atomic E-state index is 10.7. The molecule has 128 valence electrons. The molecular formula is C17H16N4O4. The molecular weight excluding hydrogens is 324 g/mol. The lowest BCUT2D eigenvalue weighted by Gasteiger charge is -1.92. The van der Waals surface area contributed by atoms with Crippen LogP contribution in [0.1, 0.15) is 24.3 Å². The van der Waals surface area contributed by atoms with Crippen molar-refractivity contribution >= 4 is 28.8 Å². The zero-order valence-corrected chi connectivity index (χ0v) is 13.2. The molecule has 0 aliphatic heterocycles. The summed E-state index contributed by atoms with van der Waals surface area (Å²) in [7, 11) is 0. The maximum absolute atomic E-state index is 10.7. The molecule has 0 bridgehead atoms. The summed E-state index contributed by atoms with van der Waals surface area (Å²) < 4.78 is 0. The van der Waals surface area contributed by atoms with Gasteiger partial charge in [0.25, 0.3) is 5.69 Å². The van der Waals surface area contributed by atoms with Gasteiger partial charge in [0.1, 0.15) is 0 Å². The average molecular weight is 340 g/mol. The topological polar surface area (TPSA) is 121 Å². The molecule has 8 nitrogen and oxygen atoms in total. The van der Waals surface area contributed by atoms with Crippen LogP contribution in [0.15, 0.2) is 48.5 Å². The number of aromatic nitrogens is 2. The number of nitrogens with one attached hydrogen (secondary N) is 2. The van der Waals surface area contributed by atoms with Crippen LogP contribution >= 0.6 is 0 Å². The predicted octanol–water partition coefficient (Wildman–Crippen LogP) is 4.13. The fraction of sp³-hybridized carbons (Fsp3) is 0.176. The van der Waals surface area contributed by atoms with Gasteiger partial charge in [0.2, 0.25) is 5.95 Å². The fourth-order valence-electron chi connectivity index (χ4n) is 2.47. The van der Waals surface area contributed by atoms with E-state index in [1.54, 1.807) is 6.07 Å². The van der Waals surface area contributed by atoms with E-state index in [2.05, 4.69) is 40.3 Å². The number of amides is 1. The summed E-state index contributed by atoms with van der Waals surface area (Å²) in [5.74, 6) is 0.864. The third-order valence-corrected chi connectivity index (χ3v) is 3.76. The van der Waals surface area contributed by atoms with Crippen LogP contribution in [0, 0.1) is 10.1 Å². The van der Waals surface area contributed by atoms with E-state index in [-0.39, 0.29) is 17.2 Å². The van der Waals surface area contributed by atoms with Crippen molar-refractivity contribution in [3.05, 3.63) is 64.2 Å². The first-order chi connectivity index (χ1) is 12.0. The van der Waals surface area contributed by atoms with Gasteiger partial charge in [0.05, 0.1) is 10.4 Å². The highest BCUT2D eigenvalue weighted by Gasteiger charge is 2.22. The molecule has 1 amide bonds. The molecule has 25 heavy (non-hydrogen) atoms. The number of benzene rings is 2. The molecule has 2 aromatic carbocycles. The Labute approximate surface area is 142 Å². The van der Waals surface area contributed by atoms with Gasteiger partial charge in [-0.1, -0.05) is 36.4 Å². The Morgan fingerprint density at radius 2 is 1.92 bits per heavy atom. The predicted molar refractivity (Wildman–Crippen MR) is 92.8 cm³/mol. The largest absolute Gasteiger partial charge is 0.465 e. The second kappa shape index (κ2) is 7.00. The van der Waals surface area contributed by atoms with Gasteiger partial charge in [-0.3, -0.25) is 15.4 Å². The number of imidazole rings is 1. The Balaban J connectivity index is 0.000000170. The molecule has 4 rings (SSSR count). The lowest BCUT2D eigenvalue weighted by molar-refractivity contribution is -0.383. The SMILES string of the molecule is O=C(O)Nc1nc2c([N+](=O)[O-])cccc2[nH]1.c1ccc(C2CC2)cc1. The summed E-state index contributed by atoms with van der Waals surface area (Å²) >= 11 is 0. The van der Waals surface area contributed by atoms with Gasteiger partial charge >= 0.3 is 6.09 Å². The van der Waals surface area contributed by atoms with Crippen LogP contribution in [0.5, 0.6) is 0 Å². The number of nitrogens with zero attached hydrogens (tertiary/aromatic N) is 2. The molecule has 0 spiro atoms. The van der Waals surface area contributed by atoms with Crippen molar-refractivity contribution in [3.8, 4) is 0 Å². The maximum Gasteiger partial charge on any atom is 0.411 e. The summed E-state index contributed by atoms with van der Waals surface area (Å²) in [6.07, 6.45) is 1.52. The lowest BCUT2D eigenvalue weighted by atomic mass is 10.1. The van der Waals surface area contributed by atoms with E-state index in [1.807, 2.05) is 5.32 Å². The number of para-hydroxylation sites is 1. The molecule has 0 atom stereocenters. The minimum atomic E-state index is -1.29. The molecule has 3 N–H and O–H groups in total. The third kappa shape index (κ3) is 4.11. The zero-order chi connectivity index (χ0) is 17.8.